The fraction of sp³-hybridized carbons (Fsp3) is 0.250. The van der Waals surface area contributed by atoms with Gasteiger partial charge in [0.15, 0.2) is 0 Å². The Morgan fingerprint density at radius 2 is 1.44 bits per heavy atom. The molecule has 0 aliphatic heterocycles. The number of fused-ring (bicyclic) bond motifs is 1. The van der Waals surface area contributed by atoms with Gasteiger partial charge in [-0.15, -0.1) is 0 Å². The lowest BCUT2D eigenvalue weighted by Gasteiger charge is -2.04. The lowest BCUT2D eigenvalue weighted by atomic mass is 10.0. The van der Waals surface area contributed by atoms with Crippen molar-refractivity contribution < 1.29 is 4.74 Å². The Hall–Kier alpha value is -2.72. The van der Waals surface area contributed by atoms with Gasteiger partial charge in [0.05, 0.1) is 7.11 Å². The predicted octanol–water partition coefficient (Wildman–Crippen LogP) is 5.98. The first-order valence-electron chi connectivity index (χ1n) is 8.97. The van der Waals surface area contributed by atoms with Gasteiger partial charge in [-0.3, -0.25) is 0 Å². The average molecular weight is 328 g/mol. The zero-order chi connectivity index (χ0) is 17.5. The summed E-state index contributed by atoms with van der Waals surface area (Å²) in [6.07, 6.45) is 5.01. The van der Waals surface area contributed by atoms with Crippen LogP contribution in [0, 0.1) is 11.8 Å². The molecule has 0 saturated carbocycles. The molecule has 0 amide bonds. The van der Waals surface area contributed by atoms with Gasteiger partial charge in [-0.2, -0.15) is 0 Å². The van der Waals surface area contributed by atoms with E-state index in [-0.39, 0.29) is 0 Å². The van der Waals surface area contributed by atoms with Crippen LogP contribution in [-0.2, 0) is 6.42 Å². The number of unbranched alkanes of at least 4 members (excludes halogenated alkanes) is 2. The Kier molecular flexibility index (Phi) is 5.75. The highest BCUT2D eigenvalue weighted by atomic mass is 16.5. The minimum absolute atomic E-state index is 0.853. The minimum Gasteiger partial charge on any atom is -0.497 e. The lowest BCUT2D eigenvalue weighted by molar-refractivity contribution is 0.415. The molecule has 0 N–H and O–H groups in total. The van der Waals surface area contributed by atoms with E-state index in [2.05, 4.69) is 55.2 Å². The number of hydrogen-bond acceptors (Lipinski definition) is 1. The molecule has 0 saturated heterocycles. The summed E-state index contributed by atoms with van der Waals surface area (Å²) < 4.78 is 5.17. The summed E-state index contributed by atoms with van der Waals surface area (Å²) in [5.41, 5.74) is 3.47. The molecule has 0 radical (unpaired) electrons. The van der Waals surface area contributed by atoms with Gasteiger partial charge >= 0.3 is 0 Å². The summed E-state index contributed by atoms with van der Waals surface area (Å²) in [7, 11) is 1.67. The smallest absolute Gasteiger partial charge is 0.118 e. The second-order valence-electron chi connectivity index (χ2n) is 6.33. The quantitative estimate of drug-likeness (QED) is 0.413. The van der Waals surface area contributed by atoms with Crippen LogP contribution in [0.4, 0.5) is 0 Å². The zero-order valence-corrected chi connectivity index (χ0v) is 15.0. The van der Waals surface area contributed by atoms with Crippen LogP contribution < -0.4 is 4.74 Å². The van der Waals surface area contributed by atoms with E-state index in [1.807, 2.05) is 24.3 Å². The maximum atomic E-state index is 5.17. The Balaban J connectivity index is 1.77. The first-order valence-corrected chi connectivity index (χ1v) is 8.97. The summed E-state index contributed by atoms with van der Waals surface area (Å²) in [5.74, 6) is 7.33. The molecular formula is C24H24O. The van der Waals surface area contributed by atoms with E-state index in [0.717, 1.165) is 16.9 Å². The van der Waals surface area contributed by atoms with E-state index < -0.39 is 0 Å². The molecule has 1 heteroatoms. The van der Waals surface area contributed by atoms with Crippen LogP contribution in [0.5, 0.6) is 5.75 Å². The van der Waals surface area contributed by atoms with Crippen molar-refractivity contribution in [2.24, 2.45) is 0 Å². The fourth-order valence-electron chi connectivity index (χ4n) is 2.93. The van der Waals surface area contributed by atoms with Crippen molar-refractivity contribution in [3.8, 4) is 17.6 Å². The summed E-state index contributed by atoms with van der Waals surface area (Å²) in [5, 5.41) is 2.55. The van der Waals surface area contributed by atoms with Gasteiger partial charge in [-0.25, -0.2) is 0 Å². The normalized spacial score (nSPS) is 10.3. The highest BCUT2D eigenvalue weighted by molar-refractivity contribution is 5.84. The molecule has 0 aromatic heterocycles. The molecule has 3 aromatic rings. The highest BCUT2D eigenvalue weighted by Crippen LogP contribution is 2.19. The maximum Gasteiger partial charge on any atom is 0.118 e. The van der Waals surface area contributed by atoms with Gasteiger partial charge in [0.25, 0.3) is 0 Å². The molecule has 0 aliphatic rings. The number of benzene rings is 3. The summed E-state index contributed by atoms with van der Waals surface area (Å²) in [4.78, 5) is 0. The van der Waals surface area contributed by atoms with Crippen molar-refractivity contribution in [1.82, 2.24) is 0 Å². The van der Waals surface area contributed by atoms with E-state index in [1.165, 1.54) is 42.0 Å². The van der Waals surface area contributed by atoms with Gasteiger partial charge in [0, 0.05) is 11.1 Å². The maximum absolute atomic E-state index is 5.17. The summed E-state index contributed by atoms with van der Waals surface area (Å²) in [6.45, 7) is 2.24. The van der Waals surface area contributed by atoms with Gasteiger partial charge < -0.3 is 4.74 Å². The van der Waals surface area contributed by atoms with Crippen molar-refractivity contribution in [2.45, 2.75) is 32.6 Å². The molecule has 0 spiro atoms. The van der Waals surface area contributed by atoms with Crippen molar-refractivity contribution in [3.05, 3.63) is 77.4 Å². The third kappa shape index (κ3) is 4.64. The van der Waals surface area contributed by atoms with Gasteiger partial charge in [-0.1, -0.05) is 55.9 Å². The molecule has 0 atom stereocenters. The number of hydrogen-bond donors (Lipinski definition) is 0. The predicted molar refractivity (Wildman–Crippen MR) is 106 cm³/mol. The molecule has 25 heavy (non-hydrogen) atoms. The van der Waals surface area contributed by atoms with Crippen molar-refractivity contribution in [1.29, 1.82) is 0 Å². The number of methoxy groups -OCH3 is 1. The van der Waals surface area contributed by atoms with Crippen LogP contribution in [0.2, 0.25) is 0 Å². The summed E-state index contributed by atoms with van der Waals surface area (Å²) >= 11 is 0. The number of rotatable bonds is 5. The highest BCUT2D eigenvalue weighted by Gasteiger charge is 1.98. The lowest BCUT2D eigenvalue weighted by Crippen LogP contribution is -1.86. The molecule has 0 unspecified atom stereocenters. The minimum atomic E-state index is 0.853. The van der Waals surface area contributed by atoms with E-state index in [4.69, 9.17) is 4.74 Å². The standard InChI is InChI=1S/C24H24O/c1-3-4-5-6-20-9-13-23-18-21(10-14-22(23)17-20)8-7-19-11-15-24(25-2)16-12-19/h9-18H,3-6H2,1-2H3. The first-order chi connectivity index (χ1) is 12.3. The van der Waals surface area contributed by atoms with Crippen LogP contribution in [0.3, 0.4) is 0 Å². The van der Waals surface area contributed by atoms with E-state index in [9.17, 15) is 0 Å². The molecule has 3 rings (SSSR count). The van der Waals surface area contributed by atoms with Crippen LogP contribution in [0.15, 0.2) is 60.7 Å². The van der Waals surface area contributed by atoms with Crippen molar-refractivity contribution >= 4 is 10.8 Å². The molecule has 0 aliphatic carbocycles. The van der Waals surface area contributed by atoms with Gasteiger partial charge in [-0.05, 0) is 65.6 Å². The third-order valence-electron chi connectivity index (χ3n) is 4.41. The molecule has 1 nitrogen and oxygen atoms in total. The molecule has 3 aromatic carbocycles. The van der Waals surface area contributed by atoms with Gasteiger partial charge in [0.1, 0.15) is 5.75 Å². The Labute approximate surface area is 150 Å². The Morgan fingerprint density at radius 1 is 0.760 bits per heavy atom. The van der Waals surface area contributed by atoms with Crippen molar-refractivity contribution in [3.63, 3.8) is 0 Å². The molecule has 0 bridgehead atoms. The topological polar surface area (TPSA) is 9.23 Å². The number of aryl methyl sites for hydroxylation is 1. The zero-order valence-electron chi connectivity index (χ0n) is 15.0. The van der Waals surface area contributed by atoms with E-state index >= 15 is 0 Å². The second-order valence-corrected chi connectivity index (χ2v) is 6.33. The van der Waals surface area contributed by atoms with Crippen LogP contribution >= 0.6 is 0 Å². The van der Waals surface area contributed by atoms with E-state index in [0.29, 0.717) is 0 Å². The SMILES string of the molecule is CCCCCc1ccc2cc(C#Cc3ccc(OC)cc3)ccc2c1. The van der Waals surface area contributed by atoms with Gasteiger partial charge in [0.2, 0.25) is 0 Å². The third-order valence-corrected chi connectivity index (χ3v) is 4.41. The Morgan fingerprint density at radius 3 is 2.20 bits per heavy atom. The average Bonchev–Trinajstić information content (AvgIpc) is 2.67. The summed E-state index contributed by atoms with van der Waals surface area (Å²) in [6, 6.07) is 21.1. The monoisotopic (exact) mass is 328 g/mol. The van der Waals surface area contributed by atoms with E-state index in [1.54, 1.807) is 7.11 Å². The second kappa shape index (κ2) is 8.40. The number of ether oxygens (including phenoxy) is 1. The van der Waals surface area contributed by atoms with Crippen LogP contribution in [-0.4, -0.2) is 7.11 Å². The first kappa shape index (κ1) is 17.1. The molecule has 0 fully saturated rings. The fourth-order valence-corrected chi connectivity index (χ4v) is 2.93. The van der Waals surface area contributed by atoms with Crippen LogP contribution in [0.25, 0.3) is 10.8 Å². The van der Waals surface area contributed by atoms with Crippen LogP contribution in [0.1, 0.15) is 42.9 Å². The molecule has 126 valence electrons. The largest absolute Gasteiger partial charge is 0.497 e. The van der Waals surface area contributed by atoms with Crippen molar-refractivity contribution in [2.75, 3.05) is 7.11 Å². The molecule has 0 heterocycles. The Bertz CT molecular complexity index is 895. The molecular weight excluding hydrogens is 304 g/mol.